The number of halogens is 1. The summed E-state index contributed by atoms with van der Waals surface area (Å²) >= 11 is 1.86. The largest absolute Gasteiger partial charge is 0.368 e. The van der Waals surface area contributed by atoms with Crippen LogP contribution in [0.25, 0.3) is 0 Å². The van der Waals surface area contributed by atoms with Crippen molar-refractivity contribution in [3.63, 3.8) is 0 Å². The van der Waals surface area contributed by atoms with Crippen molar-refractivity contribution >= 4 is 22.6 Å². The molecule has 1 unspecified atom stereocenters. The van der Waals surface area contributed by atoms with Gasteiger partial charge in [0.1, 0.15) is 0 Å². The number of alkyl halides is 1. The number of rotatable bonds is 3. The lowest BCUT2D eigenvalue weighted by atomic mass is 10.4. The summed E-state index contributed by atoms with van der Waals surface area (Å²) in [5, 5.41) is 8.61. The van der Waals surface area contributed by atoms with Gasteiger partial charge in [-0.05, 0) is 36.4 Å². The maximum Gasteiger partial charge on any atom is 0.169 e. The highest BCUT2D eigenvalue weighted by atomic mass is 127. The van der Waals surface area contributed by atoms with E-state index in [0.717, 1.165) is 0 Å². The van der Waals surface area contributed by atoms with E-state index in [1.54, 1.807) is 0 Å². The Labute approximate surface area is 63.0 Å². The molecule has 0 aliphatic carbocycles. The Bertz CT molecular complexity index is 50.0. The molecule has 0 radical (unpaired) electrons. The van der Waals surface area contributed by atoms with Crippen LogP contribution in [0, 0.1) is 0 Å². The first kappa shape index (κ1) is 8.61. The zero-order chi connectivity index (χ0) is 6.57. The van der Waals surface area contributed by atoms with Gasteiger partial charge < -0.3 is 5.11 Å². The van der Waals surface area contributed by atoms with Crippen LogP contribution in [0.3, 0.4) is 0 Å². The van der Waals surface area contributed by atoms with Crippen molar-refractivity contribution in [1.29, 1.82) is 0 Å². The molecular formula is C4H11IN2O. The number of aliphatic hydroxyl groups excluding tert-OH is 1. The molecule has 0 bridgehead atoms. The zero-order valence-electron chi connectivity index (χ0n) is 4.98. The van der Waals surface area contributed by atoms with Crippen molar-refractivity contribution in [2.24, 2.45) is 0 Å². The molecule has 8 heavy (non-hydrogen) atoms. The molecule has 0 fully saturated rings. The van der Waals surface area contributed by atoms with E-state index in [2.05, 4.69) is 10.9 Å². The van der Waals surface area contributed by atoms with Gasteiger partial charge in [0.2, 0.25) is 0 Å². The van der Waals surface area contributed by atoms with Crippen molar-refractivity contribution in [3.8, 4) is 0 Å². The van der Waals surface area contributed by atoms with Crippen molar-refractivity contribution < 1.29 is 5.11 Å². The Morgan fingerprint density at radius 2 is 1.88 bits per heavy atom. The third kappa shape index (κ3) is 6.61. The fourth-order valence-corrected chi connectivity index (χ4v) is 0.415. The number of hydrogen-bond acceptors (Lipinski definition) is 3. The normalized spacial score (nSPS) is 14.6. The van der Waals surface area contributed by atoms with E-state index in [4.69, 9.17) is 5.11 Å². The summed E-state index contributed by atoms with van der Waals surface area (Å²) in [5.74, 6) is 0. The topological polar surface area (TPSA) is 44.3 Å². The third-order valence-corrected chi connectivity index (χ3v) is 0.803. The molecule has 0 spiro atoms. The molecular weight excluding hydrogens is 219 g/mol. The number of nitrogens with one attached hydrogen (secondary N) is 2. The molecule has 3 N–H and O–H groups in total. The highest BCUT2D eigenvalue weighted by Gasteiger charge is 1.93. The van der Waals surface area contributed by atoms with Crippen molar-refractivity contribution in [3.05, 3.63) is 0 Å². The van der Waals surface area contributed by atoms with E-state index in [1.807, 2.05) is 36.4 Å². The number of hydrazine groups is 1. The summed E-state index contributed by atoms with van der Waals surface area (Å²) in [7, 11) is 0. The fraction of sp³-hybridized carbons (Fsp3) is 1.00. The molecule has 0 amide bonds. The first-order valence-electron chi connectivity index (χ1n) is 2.46. The summed E-state index contributed by atoms with van der Waals surface area (Å²) in [6, 6.07) is 0.361. The van der Waals surface area contributed by atoms with Crippen LogP contribution in [0.5, 0.6) is 0 Å². The molecule has 0 aromatic heterocycles. The lowest BCUT2D eigenvalue weighted by Crippen LogP contribution is -2.41. The summed E-state index contributed by atoms with van der Waals surface area (Å²) in [6.07, 6.45) is 0. The lowest BCUT2D eigenvalue weighted by molar-refractivity contribution is 0.211. The van der Waals surface area contributed by atoms with E-state index < -0.39 is 4.23 Å². The zero-order valence-corrected chi connectivity index (χ0v) is 7.14. The van der Waals surface area contributed by atoms with Gasteiger partial charge in [-0.3, -0.25) is 5.43 Å². The molecule has 0 rings (SSSR count). The monoisotopic (exact) mass is 230 g/mol. The predicted octanol–water partition coefficient (Wildman–Crippen LogP) is 0.200. The Balaban J connectivity index is 2.93. The van der Waals surface area contributed by atoms with E-state index in [-0.39, 0.29) is 0 Å². The van der Waals surface area contributed by atoms with Gasteiger partial charge in [0, 0.05) is 6.04 Å². The Morgan fingerprint density at radius 3 is 2.00 bits per heavy atom. The fourth-order valence-electron chi connectivity index (χ4n) is 0.235. The van der Waals surface area contributed by atoms with Crippen LogP contribution in [0.2, 0.25) is 0 Å². The highest BCUT2D eigenvalue weighted by Crippen LogP contribution is 1.85. The summed E-state index contributed by atoms with van der Waals surface area (Å²) < 4.78 is -0.505. The van der Waals surface area contributed by atoms with Gasteiger partial charge >= 0.3 is 0 Å². The van der Waals surface area contributed by atoms with Gasteiger partial charge in [0.05, 0.1) is 0 Å². The van der Waals surface area contributed by atoms with Gasteiger partial charge in [-0.15, -0.1) is 0 Å². The second kappa shape index (κ2) is 4.49. The second-order valence-electron chi connectivity index (χ2n) is 1.78. The Kier molecular flexibility index (Phi) is 4.83. The van der Waals surface area contributed by atoms with E-state index in [9.17, 15) is 0 Å². The molecule has 0 aliphatic heterocycles. The molecule has 0 heterocycles. The SMILES string of the molecule is CC(C)NNC(O)I. The molecule has 50 valence electrons. The first-order valence-corrected chi connectivity index (χ1v) is 3.70. The molecule has 3 nitrogen and oxygen atoms in total. The van der Waals surface area contributed by atoms with Crippen LogP contribution in [0.4, 0.5) is 0 Å². The maximum atomic E-state index is 8.61. The standard InChI is InChI=1S/C4H11IN2O/c1-3(2)6-7-4(5)8/h3-4,6-8H,1-2H3. The van der Waals surface area contributed by atoms with Crippen LogP contribution in [-0.4, -0.2) is 15.4 Å². The number of aliphatic hydroxyl groups is 1. The molecule has 0 aliphatic rings. The van der Waals surface area contributed by atoms with Gasteiger partial charge in [0.15, 0.2) is 4.23 Å². The molecule has 0 aromatic carbocycles. The van der Waals surface area contributed by atoms with Gasteiger partial charge in [-0.25, -0.2) is 5.43 Å². The smallest absolute Gasteiger partial charge is 0.169 e. The molecule has 4 heteroatoms. The first-order chi connectivity index (χ1) is 3.63. The van der Waals surface area contributed by atoms with E-state index in [0.29, 0.717) is 6.04 Å². The number of hydrogen-bond donors (Lipinski definition) is 3. The molecule has 0 saturated heterocycles. The Morgan fingerprint density at radius 1 is 1.38 bits per heavy atom. The van der Waals surface area contributed by atoms with Gasteiger partial charge in [0.25, 0.3) is 0 Å². The van der Waals surface area contributed by atoms with Crippen LogP contribution in [-0.2, 0) is 0 Å². The predicted molar refractivity (Wildman–Crippen MR) is 41.4 cm³/mol. The summed E-state index contributed by atoms with van der Waals surface area (Å²) in [5.41, 5.74) is 5.47. The van der Waals surface area contributed by atoms with Gasteiger partial charge in [-0.1, -0.05) is 0 Å². The minimum Gasteiger partial charge on any atom is -0.368 e. The van der Waals surface area contributed by atoms with Gasteiger partial charge in [-0.2, -0.15) is 0 Å². The maximum absolute atomic E-state index is 8.61. The van der Waals surface area contributed by atoms with E-state index >= 15 is 0 Å². The average molecular weight is 230 g/mol. The van der Waals surface area contributed by atoms with Crippen molar-refractivity contribution in [2.75, 3.05) is 0 Å². The minimum absolute atomic E-state index is 0.361. The van der Waals surface area contributed by atoms with E-state index in [1.165, 1.54) is 0 Å². The highest BCUT2D eigenvalue weighted by molar-refractivity contribution is 14.1. The minimum atomic E-state index is -0.505. The second-order valence-corrected chi connectivity index (χ2v) is 2.96. The van der Waals surface area contributed by atoms with Crippen LogP contribution < -0.4 is 10.9 Å². The average Bonchev–Trinajstić information content (AvgIpc) is 1.61. The van der Waals surface area contributed by atoms with Crippen molar-refractivity contribution in [2.45, 2.75) is 24.1 Å². The lowest BCUT2D eigenvalue weighted by Gasteiger charge is -2.09. The molecule has 0 saturated carbocycles. The Hall–Kier alpha value is 0.610. The molecule has 0 aromatic rings. The summed E-state index contributed by atoms with van der Waals surface area (Å²) in [4.78, 5) is 0. The third-order valence-electron chi connectivity index (χ3n) is 0.491. The quantitative estimate of drug-likeness (QED) is 0.213. The van der Waals surface area contributed by atoms with Crippen molar-refractivity contribution in [1.82, 2.24) is 10.9 Å². The van der Waals surface area contributed by atoms with Crippen LogP contribution >= 0.6 is 22.6 Å². The summed E-state index contributed by atoms with van der Waals surface area (Å²) in [6.45, 7) is 3.98. The van der Waals surface area contributed by atoms with Crippen LogP contribution in [0.1, 0.15) is 13.8 Å². The molecule has 1 atom stereocenters. The van der Waals surface area contributed by atoms with Crippen LogP contribution in [0.15, 0.2) is 0 Å².